The largest absolute Gasteiger partial charge is 0.307 e. The van der Waals surface area contributed by atoms with Gasteiger partial charge in [-0.1, -0.05) is 70.7 Å². The van der Waals surface area contributed by atoms with Gasteiger partial charge in [-0.25, -0.2) is 4.57 Å². The number of nitrogens with zero attached hydrogens (tertiary/aromatic N) is 2. The first-order chi connectivity index (χ1) is 17.3. The van der Waals surface area contributed by atoms with Gasteiger partial charge in [-0.3, -0.25) is 0 Å². The first-order valence-corrected chi connectivity index (χ1v) is 13.8. The van der Waals surface area contributed by atoms with Crippen LogP contribution in [0.2, 0.25) is 0 Å². The Kier molecular flexibility index (Phi) is 4.57. The molecule has 3 aromatic carbocycles. The Labute approximate surface area is 213 Å². The summed E-state index contributed by atoms with van der Waals surface area (Å²) in [5.74, 6) is 0.817. The number of pyridine rings is 2. The van der Waals surface area contributed by atoms with Gasteiger partial charge in [0.25, 0.3) is 0 Å². The number of rotatable bonds is 2. The topological polar surface area (TPSA) is 8.29 Å². The lowest BCUT2D eigenvalue weighted by Gasteiger charge is -2.25. The van der Waals surface area contributed by atoms with Crippen LogP contribution in [0.15, 0.2) is 48.7 Å². The van der Waals surface area contributed by atoms with Crippen molar-refractivity contribution in [1.82, 2.24) is 4.40 Å². The van der Waals surface area contributed by atoms with Crippen LogP contribution in [0.4, 0.5) is 0 Å². The molecule has 0 N–H and O–H groups in total. The summed E-state index contributed by atoms with van der Waals surface area (Å²) in [6.45, 7) is 11.7. The van der Waals surface area contributed by atoms with E-state index in [0.717, 1.165) is 5.92 Å². The minimum atomic E-state index is 0.0334. The lowest BCUT2D eigenvalue weighted by molar-refractivity contribution is -0.643. The Morgan fingerprint density at radius 3 is 2.42 bits per heavy atom. The lowest BCUT2D eigenvalue weighted by atomic mass is 9.82. The Balaban J connectivity index is 1.82. The van der Waals surface area contributed by atoms with Gasteiger partial charge in [-0.2, -0.15) is 0 Å². The first-order valence-electron chi connectivity index (χ1n) is 13.8. The highest BCUT2D eigenvalue weighted by molar-refractivity contribution is 6.28. The maximum atomic E-state index is 2.65. The molecule has 1 aliphatic rings. The molecule has 3 aromatic heterocycles. The highest BCUT2D eigenvalue weighted by atomic mass is 15.0. The lowest BCUT2D eigenvalue weighted by Crippen LogP contribution is -2.29. The molecule has 0 unspecified atom stereocenters. The Morgan fingerprint density at radius 2 is 1.67 bits per heavy atom. The molecule has 0 bridgehead atoms. The van der Waals surface area contributed by atoms with Crippen molar-refractivity contribution in [2.75, 3.05) is 0 Å². The number of para-hydroxylation sites is 1. The third-order valence-electron chi connectivity index (χ3n) is 9.19. The van der Waals surface area contributed by atoms with E-state index in [1.165, 1.54) is 97.8 Å². The van der Waals surface area contributed by atoms with Crippen LogP contribution < -0.4 is 4.57 Å². The van der Waals surface area contributed by atoms with E-state index in [2.05, 4.69) is 99.3 Å². The third-order valence-corrected chi connectivity index (χ3v) is 9.19. The van der Waals surface area contributed by atoms with E-state index in [9.17, 15) is 0 Å². The van der Waals surface area contributed by atoms with Crippen LogP contribution in [-0.2, 0) is 18.9 Å². The monoisotopic (exact) mass is 473 g/mol. The molecule has 1 fully saturated rings. The molecule has 1 aliphatic carbocycles. The molecule has 2 nitrogen and oxygen atoms in total. The molecular formula is C34H37N2+. The van der Waals surface area contributed by atoms with Crippen LogP contribution >= 0.6 is 0 Å². The van der Waals surface area contributed by atoms with E-state index in [0.29, 0.717) is 0 Å². The fraction of sp³-hybridized carbons (Fsp3) is 0.382. The highest BCUT2D eigenvalue weighted by Crippen LogP contribution is 2.46. The van der Waals surface area contributed by atoms with Crippen molar-refractivity contribution in [2.45, 2.75) is 72.1 Å². The molecule has 0 saturated heterocycles. The van der Waals surface area contributed by atoms with Gasteiger partial charge in [0.2, 0.25) is 5.52 Å². The molecule has 6 aromatic rings. The van der Waals surface area contributed by atoms with E-state index in [1.807, 2.05) is 0 Å². The quantitative estimate of drug-likeness (QED) is 0.135. The van der Waals surface area contributed by atoms with Gasteiger partial charge in [-0.05, 0) is 71.4 Å². The minimum Gasteiger partial charge on any atom is -0.307 e. The highest BCUT2D eigenvalue weighted by Gasteiger charge is 2.30. The number of hydrogen-bond acceptors (Lipinski definition) is 0. The van der Waals surface area contributed by atoms with Crippen LogP contribution in [0.25, 0.3) is 49.0 Å². The summed E-state index contributed by atoms with van der Waals surface area (Å²) in [7, 11) is 2.23. The van der Waals surface area contributed by atoms with Gasteiger partial charge >= 0.3 is 0 Å². The fourth-order valence-corrected chi connectivity index (χ4v) is 7.31. The van der Waals surface area contributed by atoms with E-state index >= 15 is 0 Å². The summed E-state index contributed by atoms with van der Waals surface area (Å²) in [6, 6.07) is 16.5. The SMILES string of the molecule is Cc1cc(C(C)(C)C)c2c(c1C)c1c3c(cc[n+]1C)cc(CC1CCCC1)c1c4ccccc4n2c13. The van der Waals surface area contributed by atoms with Crippen molar-refractivity contribution in [2.24, 2.45) is 13.0 Å². The van der Waals surface area contributed by atoms with Gasteiger partial charge in [0, 0.05) is 16.8 Å². The average molecular weight is 474 g/mol. The Bertz CT molecular complexity index is 1820. The maximum absolute atomic E-state index is 2.65. The molecule has 0 spiro atoms. The summed E-state index contributed by atoms with van der Waals surface area (Å²) >= 11 is 0. The predicted octanol–water partition coefficient (Wildman–Crippen LogP) is 8.46. The van der Waals surface area contributed by atoms with Gasteiger partial charge in [0.05, 0.1) is 27.3 Å². The summed E-state index contributed by atoms with van der Waals surface area (Å²) < 4.78 is 5.03. The summed E-state index contributed by atoms with van der Waals surface area (Å²) in [5.41, 5.74) is 11.3. The molecule has 36 heavy (non-hydrogen) atoms. The molecule has 0 aliphatic heterocycles. The zero-order chi connectivity index (χ0) is 24.9. The molecule has 7 rings (SSSR count). The van der Waals surface area contributed by atoms with Gasteiger partial charge in [0.15, 0.2) is 6.20 Å². The number of hydrogen-bond donors (Lipinski definition) is 0. The van der Waals surface area contributed by atoms with E-state index in [4.69, 9.17) is 0 Å². The summed E-state index contributed by atoms with van der Waals surface area (Å²) in [6.07, 6.45) is 9.02. The Morgan fingerprint density at radius 1 is 0.917 bits per heavy atom. The second-order valence-electron chi connectivity index (χ2n) is 12.5. The van der Waals surface area contributed by atoms with Crippen molar-refractivity contribution in [3.8, 4) is 0 Å². The molecular weight excluding hydrogens is 436 g/mol. The van der Waals surface area contributed by atoms with Crippen molar-refractivity contribution < 1.29 is 4.57 Å². The van der Waals surface area contributed by atoms with E-state index < -0.39 is 0 Å². The van der Waals surface area contributed by atoms with Crippen LogP contribution in [0.5, 0.6) is 0 Å². The molecule has 0 amide bonds. The number of aromatic nitrogens is 2. The Hall–Kier alpha value is -3.13. The number of benzene rings is 3. The van der Waals surface area contributed by atoms with Crippen LogP contribution in [0, 0.1) is 19.8 Å². The van der Waals surface area contributed by atoms with Crippen LogP contribution in [0.3, 0.4) is 0 Å². The van der Waals surface area contributed by atoms with Crippen LogP contribution in [0.1, 0.15) is 68.7 Å². The zero-order valence-electron chi connectivity index (χ0n) is 22.6. The average Bonchev–Trinajstić information content (AvgIpc) is 3.47. The van der Waals surface area contributed by atoms with Crippen molar-refractivity contribution in [3.63, 3.8) is 0 Å². The predicted molar refractivity (Wildman–Crippen MR) is 154 cm³/mol. The van der Waals surface area contributed by atoms with Crippen LogP contribution in [-0.4, -0.2) is 4.40 Å². The van der Waals surface area contributed by atoms with Gasteiger partial charge in [-0.15, -0.1) is 0 Å². The van der Waals surface area contributed by atoms with E-state index in [1.54, 1.807) is 5.56 Å². The smallest absolute Gasteiger partial charge is 0.224 e. The molecule has 0 atom stereocenters. The summed E-state index contributed by atoms with van der Waals surface area (Å²) in [5, 5.41) is 7.11. The second-order valence-corrected chi connectivity index (χ2v) is 12.5. The fourth-order valence-electron chi connectivity index (χ4n) is 7.31. The standard InChI is InChI=1S/C34H37N2/c1-20-17-26(34(3,4)5)31-28(21(20)2)32-30-23(15-16-35(32)6)19-24(18-22-11-7-8-12-22)29-25-13-9-10-14-27(25)36(31)33(29)30/h9-10,13-17,19,22H,7-8,11-12,18H2,1-6H3/q+1. The van der Waals surface area contributed by atoms with Crippen molar-refractivity contribution >= 4 is 49.0 Å². The molecule has 2 heteroatoms. The second kappa shape index (κ2) is 7.44. The van der Waals surface area contributed by atoms with Crippen molar-refractivity contribution in [3.05, 3.63) is 70.9 Å². The molecule has 182 valence electrons. The number of fused-ring (bicyclic) bond motifs is 6. The molecule has 3 heterocycles. The van der Waals surface area contributed by atoms with E-state index in [-0.39, 0.29) is 5.41 Å². The zero-order valence-corrected chi connectivity index (χ0v) is 22.6. The van der Waals surface area contributed by atoms with Crippen molar-refractivity contribution in [1.29, 1.82) is 0 Å². The first kappa shape index (κ1) is 22.1. The van der Waals surface area contributed by atoms with Gasteiger partial charge in [0.1, 0.15) is 7.05 Å². The normalized spacial score (nSPS) is 15.6. The number of aryl methyl sites for hydroxylation is 3. The summed E-state index contributed by atoms with van der Waals surface area (Å²) in [4.78, 5) is 0. The molecule has 1 saturated carbocycles. The third kappa shape index (κ3) is 2.88. The molecule has 0 radical (unpaired) electrons. The maximum Gasteiger partial charge on any atom is 0.224 e. The van der Waals surface area contributed by atoms with Gasteiger partial charge < -0.3 is 4.40 Å². The minimum absolute atomic E-state index is 0.0334.